The lowest BCUT2D eigenvalue weighted by Crippen LogP contribution is -2.39. The van der Waals surface area contributed by atoms with Crippen LogP contribution in [-0.2, 0) is 14.3 Å². The minimum Gasteiger partial charge on any atom is -0.465 e. The van der Waals surface area contributed by atoms with E-state index in [1.165, 1.54) is 0 Å². The summed E-state index contributed by atoms with van der Waals surface area (Å²) in [5.41, 5.74) is 3.00. The second-order valence-corrected chi connectivity index (χ2v) is 7.54. The van der Waals surface area contributed by atoms with Crippen molar-refractivity contribution in [1.82, 2.24) is 4.98 Å². The fourth-order valence-electron chi connectivity index (χ4n) is 3.91. The summed E-state index contributed by atoms with van der Waals surface area (Å²) in [6.45, 7) is 8.11. The molecule has 25 heavy (non-hydrogen) atoms. The molecule has 0 saturated carbocycles. The molecular formula is C20H24N2O3. The van der Waals surface area contributed by atoms with Crippen molar-refractivity contribution < 1.29 is 14.3 Å². The lowest BCUT2D eigenvalue weighted by Gasteiger charge is -2.38. The van der Waals surface area contributed by atoms with Gasteiger partial charge in [0.05, 0.1) is 6.61 Å². The van der Waals surface area contributed by atoms with Crippen LogP contribution in [0.4, 0.5) is 0 Å². The first-order valence-corrected chi connectivity index (χ1v) is 8.72. The number of ketones is 1. The Hall–Kier alpha value is -2.30. The second kappa shape index (κ2) is 6.54. The first kappa shape index (κ1) is 17.5. The van der Waals surface area contributed by atoms with Crippen molar-refractivity contribution in [2.24, 2.45) is 16.3 Å². The molecule has 0 bridgehead atoms. The van der Waals surface area contributed by atoms with E-state index >= 15 is 0 Å². The number of aliphatic imine (C=N–C) groups is 1. The number of pyridine rings is 1. The molecule has 2 atom stereocenters. The van der Waals surface area contributed by atoms with Crippen molar-refractivity contribution >= 4 is 17.5 Å². The number of hydrogen-bond acceptors (Lipinski definition) is 5. The summed E-state index contributed by atoms with van der Waals surface area (Å²) >= 11 is 0. The van der Waals surface area contributed by atoms with Crippen LogP contribution in [0, 0.1) is 11.3 Å². The highest BCUT2D eigenvalue weighted by Gasteiger charge is 2.45. The number of rotatable bonds is 3. The number of Topliss-reactive ketones (excluding diaryl/α,β-unsaturated/α-hetero) is 1. The summed E-state index contributed by atoms with van der Waals surface area (Å²) in [5, 5.41) is 0. The fraction of sp³-hybridized carbons (Fsp3) is 0.500. The molecule has 1 unspecified atom stereocenters. The SMILES string of the molecule is CCOC(=O)C1C(C)=NC2=C(C(=O)CC(C)(C)C2)[C@H]1c1ccncc1. The lowest BCUT2D eigenvalue weighted by atomic mass is 9.67. The van der Waals surface area contributed by atoms with Gasteiger partial charge in [0, 0.05) is 41.7 Å². The van der Waals surface area contributed by atoms with Gasteiger partial charge in [0.1, 0.15) is 5.92 Å². The second-order valence-electron chi connectivity index (χ2n) is 7.54. The molecule has 0 amide bonds. The van der Waals surface area contributed by atoms with Gasteiger partial charge >= 0.3 is 5.97 Å². The number of ether oxygens (including phenoxy) is 1. The molecular weight excluding hydrogens is 316 g/mol. The average molecular weight is 340 g/mol. The van der Waals surface area contributed by atoms with Gasteiger partial charge in [-0.2, -0.15) is 0 Å². The Labute approximate surface area is 148 Å². The number of hydrogen-bond donors (Lipinski definition) is 0. The van der Waals surface area contributed by atoms with Crippen LogP contribution in [0.25, 0.3) is 0 Å². The largest absolute Gasteiger partial charge is 0.465 e. The Bertz CT molecular complexity index is 762. The summed E-state index contributed by atoms with van der Waals surface area (Å²) in [6.07, 6.45) is 4.59. The van der Waals surface area contributed by atoms with E-state index in [0.29, 0.717) is 24.3 Å². The molecule has 3 rings (SSSR count). The van der Waals surface area contributed by atoms with E-state index in [1.807, 2.05) is 19.1 Å². The molecule has 0 fully saturated rings. The van der Waals surface area contributed by atoms with Crippen molar-refractivity contribution in [3.63, 3.8) is 0 Å². The molecule has 2 heterocycles. The van der Waals surface area contributed by atoms with E-state index in [-0.39, 0.29) is 23.1 Å². The molecule has 1 aliphatic heterocycles. The van der Waals surface area contributed by atoms with E-state index in [2.05, 4.69) is 23.8 Å². The number of nitrogens with zero attached hydrogens (tertiary/aromatic N) is 2. The molecule has 1 aliphatic carbocycles. The summed E-state index contributed by atoms with van der Waals surface area (Å²) in [4.78, 5) is 34.3. The zero-order valence-electron chi connectivity index (χ0n) is 15.2. The first-order valence-electron chi connectivity index (χ1n) is 8.72. The highest BCUT2D eigenvalue weighted by molar-refractivity contribution is 6.09. The van der Waals surface area contributed by atoms with Gasteiger partial charge in [0.2, 0.25) is 0 Å². The van der Waals surface area contributed by atoms with Crippen molar-refractivity contribution in [3.8, 4) is 0 Å². The van der Waals surface area contributed by atoms with Crippen LogP contribution in [0.1, 0.15) is 52.0 Å². The molecule has 0 spiro atoms. The van der Waals surface area contributed by atoms with E-state index in [1.54, 1.807) is 19.3 Å². The van der Waals surface area contributed by atoms with Crippen LogP contribution in [0.3, 0.4) is 0 Å². The van der Waals surface area contributed by atoms with Gasteiger partial charge in [0.15, 0.2) is 5.78 Å². The Morgan fingerprint density at radius 3 is 2.60 bits per heavy atom. The van der Waals surface area contributed by atoms with Crippen molar-refractivity contribution in [2.45, 2.75) is 46.5 Å². The smallest absolute Gasteiger partial charge is 0.315 e. The predicted molar refractivity (Wildman–Crippen MR) is 95.3 cm³/mol. The summed E-state index contributed by atoms with van der Waals surface area (Å²) in [6, 6.07) is 3.74. The molecule has 0 aromatic carbocycles. The standard InChI is InChI=1S/C20H24N2O3/c1-5-25-19(24)16-12(2)22-14-10-20(3,4)11-15(23)18(14)17(16)13-6-8-21-9-7-13/h6-9,16-17H,5,10-11H2,1-4H3/t16?,17-/m0/s1. The average Bonchev–Trinajstić information content (AvgIpc) is 2.53. The van der Waals surface area contributed by atoms with Crippen LogP contribution in [0.2, 0.25) is 0 Å². The van der Waals surface area contributed by atoms with Crippen molar-refractivity contribution in [2.75, 3.05) is 6.61 Å². The monoisotopic (exact) mass is 340 g/mol. The zero-order valence-corrected chi connectivity index (χ0v) is 15.2. The normalized spacial score (nSPS) is 25.3. The number of aromatic nitrogens is 1. The maximum atomic E-state index is 13.0. The third kappa shape index (κ3) is 3.28. The molecule has 0 N–H and O–H groups in total. The predicted octanol–water partition coefficient (Wildman–Crippen LogP) is 3.46. The van der Waals surface area contributed by atoms with E-state index < -0.39 is 5.92 Å². The minimum absolute atomic E-state index is 0.0820. The third-order valence-corrected chi connectivity index (χ3v) is 4.91. The molecule has 5 heteroatoms. The van der Waals surface area contributed by atoms with Gasteiger partial charge in [-0.1, -0.05) is 13.8 Å². The van der Waals surface area contributed by atoms with E-state index in [9.17, 15) is 9.59 Å². The van der Waals surface area contributed by atoms with Crippen LogP contribution < -0.4 is 0 Å². The highest BCUT2D eigenvalue weighted by atomic mass is 16.5. The maximum absolute atomic E-state index is 13.0. The number of carbonyl (C=O) groups excluding carboxylic acids is 2. The Balaban J connectivity index is 2.15. The van der Waals surface area contributed by atoms with Gasteiger partial charge in [-0.05, 0) is 43.4 Å². The fourth-order valence-corrected chi connectivity index (χ4v) is 3.91. The van der Waals surface area contributed by atoms with Gasteiger partial charge in [-0.25, -0.2) is 0 Å². The molecule has 2 aliphatic rings. The zero-order chi connectivity index (χ0) is 18.2. The maximum Gasteiger partial charge on any atom is 0.315 e. The van der Waals surface area contributed by atoms with Crippen LogP contribution in [0.15, 0.2) is 40.8 Å². The van der Waals surface area contributed by atoms with Crippen LogP contribution in [0.5, 0.6) is 0 Å². The number of esters is 1. The van der Waals surface area contributed by atoms with E-state index in [4.69, 9.17) is 4.74 Å². The van der Waals surface area contributed by atoms with Gasteiger partial charge < -0.3 is 4.74 Å². The molecule has 132 valence electrons. The highest BCUT2D eigenvalue weighted by Crippen LogP contribution is 2.47. The molecule has 1 aromatic rings. The van der Waals surface area contributed by atoms with Crippen LogP contribution >= 0.6 is 0 Å². The summed E-state index contributed by atoms with van der Waals surface area (Å²) in [7, 11) is 0. The summed E-state index contributed by atoms with van der Waals surface area (Å²) in [5.74, 6) is -1.15. The lowest BCUT2D eigenvalue weighted by molar-refractivity contribution is -0.146. The van der Waals surface area contributed by atoms with Gasteiger partial charge in [-0.15, -0.1) is 0 Å². The molecule has 0 saturated heterocycles. The molecule has 5 nitrogen and oxygen atoms in total. The Morgan fingerprint density at radius 1 is 1.28 bits per heavy atom. The first-order chi connectivity index (χ1) is 11.8. The summed E-state index contributed by atoms with van der Waals surface area (Å²) < 4.78 is 5.29. The Morgan fingerprint density at radius 2 is 1.96 bits per heavy atom. The number of allylic oxidation sites excluding steroid dienone is 2. The van der Waals surface area contributed by atoms with Crippen molar-refractivity contribution in [3.05, 3.63) is 41.4 Å². The van der Waals surface area contributed by atoms with Gasteiger partial charge in [0.25, 0.3) is 0 Å². The minimum atomic E-state index is -0.564. The molecule has 0 radical (unpaired) electrons. The number of carbonyl (C=O) groups is 2. The quantitative estimate of drug-likeness (QED) is 0.790. The van der Waals surface area contributed by atoms with E-state index in [0.717, 1.165) is 17.7 Å². The van der Waals surface area contributed by atoms with Crippen molar-refractivity contribution in [1.29, 1.82) is 0 Å². The topological polar surface area (TPSA) is 68.6 Å². The van der Waals surface area contributed by atoms with Gasteiger partial charge in [-0.3, -0.25) is 19.6 Å². The Kier molecular flexibility index (Phi) is 4.58. The third-order valence-electron chi connectivity index (χ3n) is 4.91. The van der Waals surface area contributed by atoms with Crippen LogP contribution in [-0.4, -0.2) is 29.1 Å². The molecule has 1 aromatic heterocycles.